The van der Waals surface area contributed by atoms with Crippen molar-refractivity contribution in [2.75, 3.05) is 0 Å². The molecule has 0 radical (unpaired) electrons. The molecule has 0 saturated heterocycles. The highest BCUT2D eigenvalue weighted by atomic mass is 16.3. The van der Waals surface area contributed by atoms with Crippen LogP contribution in [0.15, 0.2) is 97.1 Å². The van der Waals surface area contributed by atoms with Crippen molar-refractivity contribution in [1.29, 1.82) is 0 Å². The van der Waals surface area contributed by atoms with Gasteiger partial charge in [0.2, 0.25) is 0 Å². The number of benzene rings is 6. The van der Waals surface area contributed by atoms with E-state index in [2.05, 4.69) is 38.1 Å². The van der Waals surface area contributed by atoms with Crippen molar-refractivity contribution in [3.05, 3.63) is 108 Å². The maximum atomic E-state index is 10.8. The first kappa shape index (κ1) is 19.6. The van der Waals surface area contributed by atoms with Gasteiger partial charge in [0.15, 0.2) is 0 Å². The van der Waals surface area contributed by atoms with Gasteiger partial charge < -0.3 is 10.2 Å². The molecule has 0 bridgehead atoms. The molecule has 0 aliphatic heterocycles. The number of hydrogen-bond acceptors (Lipinski definition) is 2. The molecule has 0 spiro atoms. The third-order valence-electron chi connectivity index (χ3n) is 7.07. The normalized spacial score (nSPS) is 12.2. The number of aromatic hydroxyl groups is 2. The Morgan fingerprint density at radius 3 is 1.33 bits per heavy atom. The summed E-state index contributed by atoms with van der Waals surface area (Å²) >= 11 is 0. The van der Waals surface area contributed by atoms with Gasteiger partial charge in [0.25, 0.3) is 0 Å². The molecule has 2 heteroatoms. The van der Waals surface area contributed by atoms with Crippen LogP contribution < -0.4 is 0 Å². The number of rotatable bonds is 2. The van der Waals surface area contributed by atoms with Crippen LogP contribution in [-0.2, 0) is 5.41 Å². The van der Waals surface area contributed by atoms with Crippen molar-refractivity contribution in [3.8, 4) is 11.5 Å². The van der Waals surface area contributed by atoms with Crippen LogP contribution in [0.1, 0.15) is 25.0 Å². The predicted molar refractivity (Wildman–Crippen MR) is 138 cm³/mol. The molecule has 0 unspecified atom stereocenters. The largest absolute Gasteiger partial charge is 0.507 e. The van der Waals surface area contributed by atoms with Crippen LogP contribution in [0.2, 0.25) is 0 Å². The van der Waals surface area contributed by atoms with E-state index < -0.39 is 5.41 Å². The van der Waals surface area contributed by atoms with Crippen molar-refractivity contribution >= 4 is 43.1 Å². The summed E-state index contributed by atoms with van der Waals surface area (Å²) < 4.78 is 0. The molecule has 0 aliphatic carbocycles. The lowest BCUT2D eigenvalue weighted by atomic mass is 9.73. The summed E-state index contributed by atoms with van der Waals surface area (Å²) in [5, 5.41) is 29.8. The average Bonchev–Trinajstić information content (AvgIpc) is 2.83. The highest BCUT2D eigenvalue weighted by Crippen LogP contribution is 2.45. The predicted octanol–water partition coefficient (Wildman–Crippen LogP) is 8.04. The van der Waals surface area contributed by atoms with Gasteiger partial charge in [0, 0.05) is 16.2 Å². The second-order valence-corrected chi connectivity index (χ2v) is 9.31. The minimum Gasteiger partial charge on any atom is -0.507 e. The summed E-state index contributed by atoms with van der Waals surface area (Å²) in [6.45, 7) is 4.46. The first-order chi connectivity index (χ1) is 16.0. The molecule has 0 amide bonds. The molecule has 33 heavy (non-hydrogen) atoms. The highest BCUT2D eigenvalue weighted by molar-refractivity contribution is 6.14. The SMILES string of the molecule is CC(C)(c1cccc2c(O)cc3ccccc3c12)c1cccc2c(O)cc3ccccc3c12. The molecule has 6 rings (SSSR count). The van der Waals surface area contributed by atoms with Gasteiger partial charge in [-0.2, -0.15) is 0 Å². The third kappa shape index (κ3) is 2.81. The van der Waals surface area contributed by atoms with Crippen LogP contribution in [0.5, 0.6) is 11.5 Å². The molecule has 0 fully saturated rings. The van der Waals surface area contributed by atoms with Gasteiger partial charge in [-0.25, -0.2) is 0 Å². The minimum absolute atomic E-state index is 0.294. The highest BCUT2D eigenvalue weighted by Gasteiger charge is 2.29. The molecule has 0 aromatic heterocycles. The Morgan fingerprint density at radius 1 is 0.485 bits per heavy atom. The van der Waals surface area contributed by atoms with E-state index in [1.54, 1.807) is 0 Å². The average molecular weight is 429 g/mol. The summed E-state index contributed by atoms with van der Waals surface area (Å²) in [5.74, 6) is 0.588. The number of phenols is 2. The number of phenolic OH excluding ortho intramolecular Hbond substituents is 2. The lowest BCUT2D eigenvalue weighted by Crippen LogP contribution is -2.20. The van der Waals surface area contributed by atoms with Crippen molar-refractivity contribution in [2.45, 2.75) is 19.3 Å². The zero-order chi connectivity index (χ0) is 22.7. The smallest absolute Gasteiger partial charge is 0.124 e. The fourth-order valence-electron chi connectivity index (χ4n) is 5.45. The van der Waals surface area contributed by atoms with Crippen LogP contribution >= 0.6 is 0 Å². The van der Waals surface area contributed by atoms with Crippen LogP contribution in [0.4, 0.5) is 0 Å². The number of hydrogen-bond donors (Lipinski definition) is 2. The summed E-state index contributed by atoms with van der Waals surface area (Å²) in [4.78, 5) is 0. The second-order valence-electron chi connectivity index (χ2n) is 9.31. The molecule has 0 saturated carbocycles. The zero-order valence-electron chi connectivity index (χ0n) is 18.6. The molecule has 6 aromatic carbocycles. The van der Waals surface area contributed by atoms with Crippen molar-refractivity contribution in [2.24, 2.45) is 0 Å². The topological polar surface area (TPSA) is 40.5 Å². The van der Waals surface area contributed by atoms with E-state index in [4.69, 9.17) is 0 Å². The minimum atomic E-state index is -0.397. The Morgan fingerprint density at radius 2 is 0.879 bits per heavy atom. The number of fused-ring (bicyclic) bond motifs is 6. The molecular weight excluding hydrogens is 404 g/mol. The fourth-order valence-corrected chi connectivity index (χ4v) is 5.45. The molecule has 6 aromatic rings. The first-order valence-electron chi connectivity index (χ1n) is 11.2. The van der Waals surface area contributed by atoms with Crippen LogP contribution in [-0.4, -0.2) is 10.2 Å². The summed E-state index contributed by atoms with van der Waals surface area (Å²) in [6.07, 6.45) is 0. The van der Waals surface area contributed by atoms with E-state index >= 15 is 0 Å². The van der Waals surface area contributed by atoms with E-state index in [9.17, 15) is 10.2 Å². The zero-order valence-corrected chi connectivity index (χ0v) is 18.6. The summed E-state index contributed by atoms with van der Waals surface area (Å²) in [6, 6.07) is 32.5. The Labute approximate surface area is 192 Å². The van der Waals surface area contributed by atoms with Crippen LogP contribution in [0.3, 0.4) is 0 Å². The quantitative estimate of drug-likeness (QED) is 0.274. The molecule has 2 nitrogen and oxygen atoms in total. The van der Waals surface area contributed by atoms with Gasteiger partial charge in [-0.05, 0) is 55.6 Å². The van der Waals surface area contributed by atoms with Gasteiger partial charge in [-0.15, -0.1) is 0 Å². The van der Waals surface area contributed by atoms with Gasteiger partial charge in [0.1, 0.15) is 11.5 Å². The Balaban J connectivity index is 1.77. The third-order valence-corrected chi connectivity index (χ3v) is 7.07. The standard InChI is InChI=1S/C31H24O2/c1-31(2,25-15-7-13-23-27(32)17-19-9-3-5-11-21(19)29(23)25)26-16-8-14-24-28(33)18-20-10-4-6-12-22(20)30(24)26/h3-18,32-33H,1-2H3. The second kappa shape index (κ2) is 6.98. The van der Waals surface area contributed by atoms with E-state index in [-0.39, 0.29) is 0 Å². The fraction of sp³-hybridized carbons (Fsp3) is 0.0968. The summed E-state index contributed by atoms with van der Waals surface area (Å²) in [7, 11) is 0. The monoisotopic (exact) mass is 428 g/mol. The van der Waals surface area contributed by atoms with E-state index in [0.29, 0.717) is 11.5 Å². The van der Waals surface area contributed by atoms with E-state index in [1.165, 1.54) is 0 Å². The van der Waals surface area contributed by atoms with Crippen LogP contribution in [0, 0.1) is 0 Å². The Hall–Kier alpha value is -4.04. The van der Waals surface area contributed by atoms with Crippen LogP contribution in [0.25, 0.3) is 43.1 Å². The maximum absolute atomic E-state index is 10.8. The molecule has 0 atom stereocenters. The Kier molecular flexibility index (Phi) is 4.15. The lowest BCUT2D eigenvalue weighted by molar-refractivity contribution is 0.482. The summed E-state index contributed by atoms with van der Waals surface area (Å²) in [5.41, 5.74) is 1.89. The molecule has 160 valence electrons. The maximum Gasteiger partial charge on any atom is 0.124 e. The van der Waals surface area contributed by atoms with Crippen molar-refractivity contribution < 1.29 is 10.2 Å². The Bertz CT molecular complexity index is 1580. The van der Waals surface area contributed by atoms with Crippen molar-refractivity contribution in [3.63, 3.8) is 0 Å². The molecule has 0 heterocycles. The van der Waals surface area contributed by atoms with Gasteiger partial charge >= 0.3 is 0 Å². The van der Waals surface area contributed by atoms with E-state index in [1.807, 2.05) is 72.8 Å². The lowest BCUT2D eigenvalue weighted by Gasteiger charge is -2.30. The van der Waals surface area contributed by atoms with E-state index in [0.717, 1.165) is 54.2 Å². The molecule has 0 aliphatic rings. The first-order valence-corrected chi connectivity index (χ1v) is 11.2. The van der Waals surface area contributed by atoms with Gasteiger partial charge in [0.05, 0.1) is 0 Å². The molecular formula is C31H24O2. The van der Waals surface area contributed by atoms with Crippen molar-refractivity contribution in [1.82, 2.24) is 0 Å². The van der Waals surface area contributed by atoms with Gasteiger partial charge in [-0.3, -0.25) is 0 Å². The molecule has 2 N–H and O–H groups in total. The van der Waals surface area contributed by atoms with Gasteiger partial charge in [-0.1, -0.05) is 98.8 Å².